The lowest BCUT2D eigenvalue weighted by molar-refractivity contribution is -0.137. The van der Waals surface area contributed by atoms with E-state index in [1.807, 2.05) is 11.8 Å². The predicted molar refractivity (Wildman–Crippen MR) is 138 cm³/mol. The molecule has 2 saturated heterocycles. The van der Waals surface area contributed by atoms with Crippen LogP contribution in [0, 0.1) is 11.3 Å². The Kier molecular flexibility index (Phi) is 8.90. The van der Waals surface area contributed by atoms with E-state index >= 15 is 0 Å². The first-order valence-electron chi connectivity index (χ1n) is 11.8. The molecule has 0 unspecified atom stereocenters. The van der Waals surface area contributed by atoms with Gasteiger partial charge in [0.15, 0.2) is 5.11 Å². The van der Waals surface area contributed by atoms with Gasteiger partial charge < -0.3 is 9.80 Å². The fraction of sp³-hybridized carbons (Fsp3) is 0.583. The molecule has 0 aromatic heterocycles. The van der Waals surface area contributed by atoms with E-state index in [1.54, 1.807) is 24.8 Å². The lowest BCUT2D eigenvalue weighted by Crippen LogP contribution is -2.48. The maximum Gasteiger partial charge on any atom is 0.417 e. The van der Waals surface area contributed by atoms with Crippen LogP contribution in [0.5, 0.6) is 0 Å². The highest BCUT2D eigenvalue weighted by atomic mass is 32.2. The highest BCUT2D eigenvalue weighted by Crippen LogP contribution is 2.38. The molecule has 0 bridgehead atoms. The van der Waals surface area contributed by atoms with Gasteiger partial charge in [0.1, 0.15) is 5.54 Å². The largest absolute Gasteiger partial charge is 0.417 e. The van der Waals surface area contributed by atoms with Gasteiger partial charge in [0.2, 0.25) is 0 Å². The van der Waals surface area contributed by atoms with Crippen molar-refractivity contribution in [2.45, 2.75) is 45.3 Å². The van der Waals surface area contributed by atoms with Crippen LogP contribution in [-0.2, 0) is 11.0 Å². The third kappa shape index (κ3) is 5.95. The Labute approximate surface area is 219 Å². The molecule has 2 amide bonds. The summed E-state index contributed by atoms with van der Waals surface area (Å²) in [4.78, 5) is 32.3. The number of carbonyl (C=O) groups excluding carboxylic acids is 2. The van der Waals surface area contributed by atoms with Gasteiger partial charge in [0, 0.05) is 32.7 Å². The molecule has 196 valence electrons. The molecule has 0 atom stereocenters. The molecule has 12 heteroatoms. The van der Waals surface area contributed by atoms with Gasteiger partial charge in [-0.3, -0.25) is 19.4 Å². The summed E-state index contributed by atoms with van der Waals surface area (Å²) in [7, 11) is 0. The van der Waals surface area contributed by atoms with Crippen LogP contribution < -0.4 is 4.90 Å². The Morgan fingerprint density at radius 2 is 1.81 bits per heavy atom. The summed E-state index contributed by atoms with van der Waals surface area (Å²) >= 11 is 6.86. The van der Waals surface area contributed by atoms with Crippen molar-refractivity contribution in [3.05, 3.63) is 29.3 Å². The average molecular weight is 542 g/mol. The number of hydrogen-bond donors (Lipinski definition) is 0. The zero-order chi connectivity index (χ0) is 26.7. The van der Waals surface area contributed by atoms with Gasteiger partial charge in [-0.25, -0.2) is 0 Å². The summed E-state index contributed by atoms with van der Waals surface area (Å²) in [6, 6.07) is 4.75. The lowest BCUT2D eigenvalue weighted by atomic mass is 10.0. The highest BCUT2D eigenvalue weighted by Gasteiger charge is 2.49. The third-order valence-corrected chi connectivity index (χ3v) is 7.71. The Balaban J connectivity index is 1.60. The molecule has 0 spiro atoms. The van der Waals surface area contributed by atoms with Gasteiger partial charge in [-0.15, -0.1) is 0 Å². The van der Waals surface area contributed by atoms with Crippen molar-refractivity contribution < 1.29 is 22.8 Å². The van der Waals surface area contributed by atoms with Crippen molar-refractivity contribution in [2.24, 2.45) is 0 Å². The Hall–Kier alpha value is -2.36. The summed E-state index contributed by atoms with van der Waals surface area (Å²) in [5.74, 6) is 0.360. The molecule has 2 fully saturated rings. The number of hydrogen-bond acceptors (Lipinski definition) is 6. The maximum absolute atomic E-state index is 13.5. The van der Waals surface area contributed by atoms with Crippen LogP contribution in [0.25, 0.3) is 0 Å². The topological polar surface area (TPSA) is 70.9 Å². The molecule has 3 rings (SSSR count). The number of benzene rings is 1. The van der Waals surface area contributed by atoms with E-state index in [-0.39, 0.29) is 16.0 Å². The molecule has 2 heterocycles. The second-order valence-electron chi connectivity index (χ2n) is 9.21. The highest BCUT2D eigenvalue weighted by molar-refractivity contribution is 8.13. The van der Waals surface area contributed by atoms with E-state index in [1.165, 1.54) is 17.8 Å². The van der Waals surface area contributed by atoms with Crippen LogP contribution in [0.1, 0.15) is 44.7 Å². The number of amides is 2. The molecule has 7 nitrogen and oxygen atoms in total. The van der Waals surface area contributed by atoms with Crippen LogP contribution in [-0.4, -0.2) is 81.5 Å². The summed E-state index contributed by atoms with van der Waals surface area (Å²) in [6.07, 6.45) is -3.12. The molecular formula is C24H30F3N5O2S2. The minimum atomic E-state index is -4.73. The molecule has 2 aliphatic rings. The summed E-state index contributed by atoms with van der Waals surface area (Å²) in [6.45, 7) is 9.77. The van der Waals surface area contributed by atoms with E-state index in [9.17, 15) is 22.8 Å². The first-order chi connectivity index (χ1) is 16.9. The number of halogens is 3. The van der Waals surface area contributed by atoms with Gasteiger partial charge in [-0.1, -0.05) is 18.7 Å². The molecule has 0 radical (unpaired) electrons. The first kappa shape index (κ1) is 28.2. The van der Waals surface area contributed by atoms with Gasteiger partial charge in [-0.2, -0.15) is 18.4 Å². The van der Waals surface area contributed by atoms with Crippen molar-refractivity contribution >= 4 is 45.9 Å². The maximum atomic E-state index is 13.5. The van der Waals surface area contributed by atoms with Crippen molar-refractivity contribution in [2.75, 3.05) is 49.9 Å². The number of thioether (sulfide) groups is 1. The Morgan fingerprint density at radius 1 is 1.17 bits per heavy atom. The number of nitriles is 1. The van der Waals surface area contributed by atoms with E-state index in [0.29, 0.717) is 19.6 Å². The molecule has 0 aliphatic carbocycles. The fourth-order valence-corrected chi connectivity index (χ4v) is 5.54. The molecule has 1 aromatic rings. The minimum Gasteiger partial charge on any atom is -0.334 e. The lowest BCUT2D eigenvalue weighted by Gasteiger charge is -2.34. The molecule has 2 aliphatic heterocycles. The Bertz CT molecular complexity index is 1050. The zero-order valence-corrected chi connectivity index (χ0v) is 22.2. The quantitative estimate of drug-likeness (QED) is 0.370. The number of thiocarbonyl (C=S) groups is 1. The van der Waals surface area contributed by atoms with Gasteiger partial charge >= 0.3 is 6.18 Å². The third-order valence-electron chi connectivity index (χ3n) is 6.52. The van der Waals surface area contributed by atoms with E-state index in [4.69, 9.17) is 17.5 Å². The van der Waals surface area contributed by atoms with Crippen molar-refractivity contribution in [3.8, 4) is 6.07 Å². The summed E-state index contributed by atoms with van der Waals surface area (Å²) in [5.41, 5.74) is -2.61. The second-order valence-corrected chi connectivity index (χ2v) is 10.8. The molecule has 36 heavy (non-hydrogen) atoms. The molecule has 0 saturated carbocycles. The number of carbonyl (C=O) groups is 2. The summed E-state index contributed by atoms with van der Waals surface area (Å²) in [5, 5.41) is 9.34. The number of piperazine rings is 1. The minimum absolute atomic E-state index is 0.000513. The first-order valence-corrected chi connectivity index (χ1v) is 13.2. The van der Waals surface area contributed by atoms with Crippen molar-refractivity contribution in [1.29, 1.82) is 5.26 Å². The monoisotopic (exact) mass is 541 g/mol. The van der Waals surface area contributed by atoms with E-state index in [2.05, 4.69) is 4.90 Å². The van der Waals surface area contributed by atoms with Crippen LogP contribution in [0.15, 0.2) is 18.2 Å². The standard InChI is InChI=1S/C24H30F3N5O2S2/c1-4-36-22(34)30-13-11-29(12-14-30)9-5-6-10-31-21(35)32(20(33)23(31,2)3)18-8-7-17(16-28)19(15-18)24(25,26)27/h7-8,15H,4-6,9-14H2,1-3H3. The van der Waals surface area contributed by atoms with Gasteiger partial charge in [0.25, 0.3) is 11.1 Å². The number of nitrogens with zero attached hydrogens (tertiary/aromatic N) is 5. The van der Waals surface area contributed by atoms with Crippen molar-refractivity contribution in [1.82, 2.24) is 14.7 Å². The smallest absolute Gasteiger partial charge is 0.334 e. The van der Waals surface area contributed by atoms with Crippen LogP contribution in [0.4, 0.5) is 23.7 Å². The van der Waals surface area contributed by atoms with E-state index in [0.717, 1.165) is 55.3 Å². The van der Waals surface area contributed by atoms with Crippen molar-refractivity contribution in [3.63, 3.8) is 0 Å². The van der Waals surface area contributed by atoms with Gasteiger partial charge in [0.05, 0.1) is 22.9 Å². The molecule has 1 aromatic carbocycles. The summed E-state index contributed by atoms with van der Waals surface area (Å²) < 4.78 is 40.4. The average Bonchev–Trinajstić information content (AvgIpc) is 3.00. The van der Waals surface area contributed by atoms with Gasteiger partial charge in [-0.05, 0) is 69.4 Å². The fourth-order valence-electron chi connectivity index (χ4n) is 4.42. The normalized spacial score (nSPS) is 18.6. The number of rotatable bonds is 7. The molecule has 0 N–H and O–H groups in total. The zero-order valence-electron chi connectivity index (χ0n) is 20.6. The number of unbranched alkanes of at least 4 members (excludes halogenated alkanes) is 1. The van der Waals surface area contributed by atoms with Crippen LogP contribution in [0.2, 0.25) is 0 Å². The Morgan fingerprint density at radius 3 is 2.39 bits per heavy atom. The SMILES string of the molecule is CCSC(=O)N1CCN(CCCCN2C(=S)N(c3ccc(C#N)c(C(F)(F)F)c3)C(=O)C2(C)C)CC1. The van der Waals surface area contributed by atoms with E-state index < -0.39 is 28.7 Å². The predicted octanol–water partition coefficient (Wildman–Crippen LogP) is 4.56. The van der Waals surface area contributed by atoms with Crippen LogP contribution in [0.3, 0.4) is 0 Å². The van der Waals surface area contributed by atoms with Crippen LogP contribution >= 0.6 is 24.0 Å². The number of alkyl halides is 3. The number of anilines is 1. The second kappa shape index (κ2) is 11.4. The molecular weight excluding hydrogens is 511 g/mol.